The monoisotopic (exact) mass is 416 g/mol. The normalized spacial score (nSPS) is 19.2. The lowest BCUT2D eigenvalue weighted by Crippen LogP contribution is -2.41. The molecule has 0 spiro atoms. The van der Waals surface area contributed by atoms with Crippen molar-refractivity contribution in [3.05, 3.63) is 35.2 Å². The summed E-state index contributed by atoms with van der Waals surface area (Å²) in [5.74, 6) is 2.67. The van der Waals surface area contributed by atoms with Gasteiger partial charge in [-0.05, 0) is 50.7 Å². The lowest BCUT2D eigenvalue weighted by molar-refractivity contribution is -0.119. The Morgan fingerprint density at radius 1 is 1.24 bits per heavy atom. The molecule has 0 radical (unpaired) electrons. The molecule has 7 heteroatoms. The van der Waals surface area contributed by atoms with Gasteiger partial charge in [-0.1, -0.05) is 49.7 Å². The Kier molecular flexibility index (Phi) is 7.58. The van der Waals surface area contributed by atoms with Crippen LogP contribution in [-0.2, 0) is 17.9 Å². The van der Waals surface area contributed by atoms with E-state index in [0.717, 1.165) is 40.8 Å². The number of amides is 1. The molecule has 29 heavy (non-hydrogen) atoms. The number of ether oxygens (including phenoxy) is 1. The van der Waals surface area contributed by atoms with E-state index >= 15 is 0 Å². The number of carbonyl (C=O) groups is 1. The molecule has 3 rings (SSSR count). The fourth-order valence-electron chi connectivity index (χ4n) is 3.92. The van der Waals surface area contributed by atoms with E-state index in [9.17, 15) is 4.79 Å². The Balaban J connectivity index is 1.57. The number of nitrogens with zero attached hydrogens (tertiary/aromatic N) is 3. The first-order chi connectivity index (χ1) is 14.0. The largest absolute Gasteiger partial charge is 0.485 e. The van der Waals surface area contributed by atoms with Crippen molar-refractivity contribution < 1.29 is 9.53 Å². The summed E-state index contributed by atoms with van der Waals surface area (Å²) in [6.07, 6.45) is 4.76. The average Bonchev–Trinajstić information content (AvgIpc) is 3.09. The maximum absolute atomic E-state index is 12.4. The van der Waals surface area contributed by atoms with Crippen LogP contribution in [0.15, 0.2) is 23.4 Å². The second kappa shape index (κ2) is 10.1. The van der Waals surface area contributed by atoms with Crippen LogP contribution in [0.5, 0.6) is 5.75 Å². The van der Waals surface area contributed by atoms with E-state index in [2.05, 4.69) is 29.4 Å². The van der Waals surface area contributed by atoms with E-state index in [1.807, 2.05) is 36.6 Å². The summed E-state index contributed by atoms with van der Waals surface area (Å²) < 4.78 is 8.06. The standard InChI is InChI=1S/C22H32N4O2S/c1-5-26-19(13-28-21-16(3)10-8-11-17(21)4)24-25-22(26)29-14-20(27)23-18-12-7-6-9-15(18)2/h8,10-11,15,18H,5-7,9,12-14H2,1-4H3,(H,23,27)/t15-,18+/m1/s1. The number of thioether (sulfide) groups is 1. The molecule has 0 saturated heterocycles. The van der Waals surface area contributed by atoms with Gasteiger partial charge in [0.25, 0.3) is 0 Å². The summed E-state index contributed by atoms with van der Waals surface area (Å²) in [5.41, 5.74) is 2.21. The number of para-hydroxylation sites is 1. The van der Waals surface area contributed by atoms with Crippen LogP contribution in [0.25, 0.3) is 0 Å². The summed E-state index contributed by atoms with van der Waals surface area (Å²) in [5, 5.41) is 12.6. The SMILES string of the molecule is CCn1c(COc2c(C)cccc2C)nnc1SCC(=O)N[C@H]1CCCC[C@H]1C. The summed E-state index contributed by atoms with van der Waals surface area (Å²) in [6.45, 7) is 9.47. The van der Waals surface area contributed by atoms with Gasteiger partial charge in [0.15, 0.2) is 11.0 Å². The molecule has 1 fully saturated rings. The molecule has 1 aromatic heterocycles. The lowest BCUT2D eigenvalue weighted by atomic mass is 9.86. The number of benzene rings is 1. The van der Waals surface area contributed by atoms with Gasteiger partial charge in [-0.3, -0.25) is 4.79 Å². The van der Waals surface area contributed by atoms with Gasteiger partial charge < -0.3 is 14.6 Å². The van der Waals surface area contributed by atoms with Gasteiger partial charge in [0, 0.05) is 12.6 Å². The Hall–Kier alpha value is -2.02. The minimum Gasteiger partial charge on any atom is -0.485 e. The van der Waals surface area contributed by atoms with E-state index in [0.29, 0.717) is 24.3 Å². The number of aryl methyl sites for hydroxylation is 2. The van der Waals surface area contributed by atoms with Crippen LogP contribution in [0.3, 0.4) is 0 Å². The Morgan fingerprint density at radius 2 is 1.97 bits per heavy atom. The Morgan fingerprint density at radius 3 is 2.66 bits per heavy atom. The molecule has 1 amide bonds. The molecule has 1 heterocycles. The highest BCUT2D eigenvalue weighted by Gasteiger charge is 2.23. The van der Waals surface area contributed by atoms with Gasteiger partial charge >= 0.3 is 0 Å². The highest BCUT2D eigenvalue weighted by Crippen LogP contribution is 2.25. The van der Waals surface area contributed by atoms with E-state index in [1.165, 1.54) is 31.0 Å². The van der Waals surface area contributed by atoms with E-state index in [4.69, 9.17) is 4.74 Å². The molecule has 6 nitrogen and oxygen atoms in total. The molecule has 1 aliphatic carbocycles. The summed E-state index contributed by atoms with van der Waals surface area (Å²) in [6, 6.07) is 6.42. The highest BCUT2D eigenvalue weighted by molar-refractivity contribution is 7.99. The molecule has 0 bridgehead atoms. The molecule has 158 valence electrons. The first-order valence-corrected chi connectivity index (χ1v) is 11.5. The average molecular weight is 417 g/mol. The molecule has 1 saturated carbocycles. The fraction of sp³-hybridized carbons (Fsp3) is 0.591. The van der Waals surface area contributed by atoms with Crippen LogP contribution in [0, 0.1) is 19.8 Å². The zero-order chi connectivity index (χ0) is 20.8. The number of carbonyl (C=O) groups excluding carboxylic acids is 1. The number of rotatable bonds is 8. The molecular weight excluding hydrogens is 384 g/mol. The van der Waals surface area contributed by atoms with Crippen LogP contribution in [0.2, 0.25) is 0 Å². The van der Waals surface area contributed by atoms with Crippen molar-refractivity contribution in [2.75, 3.05) is 5.75 Å². The van der Waals surface area contributed by atoms with Crippen molar-refractivity contribution in [1.82, 2.24) is 20.1 Å². The highest BCUT2D eigenvalue weighted by atomic mass is 32.2. The van der Waals surface area contributed by atoms with Crippen LogP contribution in [-0.4, -0.2) is 32.5 Å². The maximum Gasteiger partial charge on any atom is 0.230 e. The number of aromatic nitrogens is 3. The van der Waals surface area contributed by atoms with Gasteiger partial charge in [-0.15, -0.1) is 10.2 Å². The van der Waals surface area contributed by atoms with Crippen molar-refractivity contribution >= 4 is 17.7 Å². The van der Waals surface area contributed by atoms with Crippen LogP contribution in [0.1, 0.15) is 56.5 Å². The molecule has 1 aliphatic rings. The van der Waals surface area contributed by atoms with Crippen LogP contribution >= 0.6 is 11.8 Å². The van der Waals surface area contributed by atoms with Gasteiger partial charge in [-0.25, -0.2) is 0 Å². The molecule has 1 N–H and O–H groups in total. The zero-order valence-electron chi connectivity index (χ0n) is 17.9. The summed E-state index contributed by atoms with van der Waals surface area (Å²) in [7, 11) is 0. The van der Waals surface area contributed by atoms with Crippen molar-refractivity contribution in [3.63, 3.8) is 0 Å². The minimum absolute atomic E-state index is 0.0766. The zero-order valence-corrected chi connectivity index (χ0v) is 18.7. The molecule has 0 unspecified atom stereocenters. The van der Waals surface area contributed by atoms with Gasteiger partial charge in [0.05, 0.1) is 5.75 Å². The van der Waals surface area contributed by atoms with Crippen LogP contribution < -0.4 is 10.1 Å². The first kappa shape index (κ1) is 21.7. The van der Waals surface area contributed by atoms with Crippen molar-refractivity contribution in [1.29, 1.82) is 0 Å². The summed E-state index contributed by atoms with van der Waals surface area (Å²) >= 11 is 1.44. The quantitative estimate of drug-likeness (QED) is 0.651. The summed E-state index contributed by atoms with van der Waals surface area (Å²) in [4.78, 5) is 12.4. The van der Waals surface area contributed by atoms with Crippen molar-refractivity contribution in [2.24, 2.45) is 5.92 Å². The van der Waals surface area contributed by atoms with E-state index in [1.54, 1.807) is 0 Å². The first-order valence-electron chi connectivity index (χ1n) is 10.5. The predicted molar refractivity (Wildman–Crippen MR) is 116 cm³/mol. The molecular formula is C22H32N4O2S. The van der Waals surface area contributed by atoms with Gasteiger partial charge in [0.2, 0.25) is 5.91 Å². The van der Waals surface area contributed by atoms with Crippen molar-refractivity contribution in [2.45, 2.75) is 77.7 Å². The fourth-order valence-corrected chi connectivity index (χ4v) is 4.76. The molecule has 0 aliphatic heterocycles. The molecule has 1 aromatic carbocycles. The second-order valence-corrected chi connectivity index (χ2v) is 8.82. The third-order valence-corrected chi connectivity index (χ3v) is 6.62. The van der Waals surface area contributed by atoms with Gasteiger partial charge in [0.1, 0.15) is 12.4 Å². The Labute approximate surface area is 177 Å². The third-order valence-electron chi connectivity index (χ3n) is 5.65. The topological polar surface area (TPSA) is 69.0 Å². The second-order valence-electron chi connectivity index (χ2n) is 7.88. The number of hydrogen-bond acceptors (Lipinski definition) is 5. The maximum atomic E-state index is 12.4. The predicted octanol–water partition coefficient (Wildman–Crippen LogP) is 4.28. The smallest absolute Gasteiger partial charge is 0.230 e. The van der Waals surface area contributed by atoms with Gasteiger partial charge in [-0.2, -0.15) is 0 Å². The molecule has 2 aromatic rings. The molecule has 2 atom stereocenters. The minimum atomic E-state index is 0.0766. The number of nitrogens with one attached hydrogen (secondary N) is 1. The van der Waals surface area contributed by atoms with Crippen molar-refractivity contribution in [3.8, 4) is 5.75 Å². The lowest BCUT2D eigenvalue weighted by Gasteiger charge is -2.29. The van der Waals surface area contributed by atoms with Crippen LogP contribution in [0.4, 0.5) is 0 Å². The third kappa shape index (κ3) is 5.53. The van der Waals surface area contributed by atoms with E-state index in [-0.39, 0.29) is 5.91 Å². The Bertz CT molecular complexity index is 816. The number of hydrogen-bond donors (Lipinski definition) is 1. The van der Waals surface area contributed by atoms with E-state index < -0.39 is 0 Å².